The quantitative estimate of drug-likeness (QED) is 0.690. The molecule has 0 unspecified atom stereocenters. The van der Waals surface area contributed by atoms with Gasteiger partial charge in [-0.25, -0.2) is 0 Å². The Morgan fingerprint density at radius 1 is 1.21 bits per heavy atom. The van der Waals surface area contributed by atoms with Crippen LogP contribution in [0.5, 0.6) is 0 Å². The van der Waals surface area contributed by atoms with Gasteiger partial charge in [0, 0.05) is 6.04 Å². The molecular weight excluding hydrogens is 170 g/mol. The molecule has 0 aromatic heterocycles. The van der Waals surface area contributed by atoms with E-state index < -0.39 is 0 Å². The molecule has 0 aliphatic carbocycles. The molecule has 1 fully saturated rings. The molecular formula is C13H19N. The van der Waals surface area contributed by atoms with Crippen LogP contribution in [0.1, 0.15) is 37.8 Å². The Bertz CT molecular complexity index is 268. The van der Waals surface area contributed by atoms with Crippen LogP contribution in [-0.2, 0) is 0 Å². The summed E-state index contributed by atoms with van der Waals surface area (Å²) >= 11 is 0. The monoisotopic (exact) mass is 189 g/mol. The summed E-state index contributed by atoms with van der Waals surface area (Å²) in [4.78, 5) is 2.60. The van der Waals surface area contributed by atoms with Gasteiger partial charge in [-0.15, -0.1) is 0 Å². The van der Waals surface area contributed by atoms with Crippen molar-refractivity contribution >= 4 is 0 Å². The molecule has 0 saturated carbocycles. The predicted octanol–water partition coefficient (Wildman–Crippen LogP) is 3.23. The van der Waals surface area contributed by atoms with Crippen molar-refractivity contribution in [3.05, 3.63) is 35.9 Å². The van der Waals surface area contributed by atoms with Crippen LogP contribution >= 0.6 is 0 Å². The predicted molar refractivity (Wildman–Crippen MR) is 60.3 cm³/mol. The van der Waals surface area contributed by atoms with E-state index in [-0.39, 0.29) is 0 Å². The summed E-state index contributed by atoms with van der Waals surface area (Å²) in [7, 11) is 0. The largest absolute Gasteiger partial charge is 0.297 e. The number of rotatable bonds is 2. The van der Waals surface area contributed by atoms with E-state index in [9.17, 15) is 0 Å². The highest BCUT2D eigenvalue weighted by Crippen LogP contribution is 2.29. The maximum Gasteiger partial charge on any atom is 0.0348 e. The lowest BCUT2D eigenvalue weighted by atomic mass is 9.95. The van der Waals surface area contributed by atoms with E-state index in [2.05, 4.69) is 42.2 Å². The Labute approximate surface area is 86.7 Å². The number of hydrogen-bond acceptors (Lipinski definition) is 1. The van der Waals surface area contributed by atoms with Gasteiger partial charge in [0.05, 0.1) is 0 Å². The summed E-state index contributed by atoms with van der Waals surface area (Å²) in [6, 6.07) is 11.6. The van der Waals surface area contributed by atoms with E-state index in [1.807, 2.05) is 0 Å². The molecule has 0 N–H and O–H groups in total. The molecule has 1 nitrogen and oxygen atoms in total. The van der Waals surface area contributed by atoms with Crippen molar-refractivity contribution in [2.24, 2.45) is 0 Å². The minimum absolute atomic E-state index is 0.676. The van der Waals surface area contributed by atoms with Gasteiger partial charge < -0.3 is 0 Å². The number of hydrogen-bond donors (Lipinski definition) is 0. The fourth-order valence-corrected chi connectivity index (χ4v) is 2.42. The first-order valence-electron chi connectivity index (χ1n) is 5.71. The van der Waals surface area contributed by atoms with Gasteiger partial charge in [0.15, 0.2) is 0 Å². The lowest BCUT2D eigenvalue weighted by Gasteiger charge is -2.35. The molecule has 1 aromatic carbocycles. The Morgan fingerprint density at radius 3 is 2.71 bits per heavy atom. The summed E-state index contributed by atoms with van der Waals surface area (Å²) in [5.74, 6) is 0. The molecule has 1 heterocycles. The Balaban J connectivity index is 2.15. The third-order valence-electron chi connectivity index (χ3n) is 3.20. The first-order valence-corrected chi connectivity index (χ1v) is 5.71. The molecule has 1 aliphatic heterocycles. The Morgan fingerprint density at radius 2 is 2.00 bits per heavy atom. The average molecular weight is 189 g/mol. The van der Waals surface area contributed by atoms with Crippen LogP contribution in [-0.4, -0.2) is 18.0 Å². The number of piperidine rings is 1. The van der Waals surface area contributed by atoms with Crippen LogP contribution < -0.4 is 0 Å². The highest BCUT2D eigenvalue weighted by atomic mass is 15.2. The molecule has 2 rings (SSSR count). The highest BCUT2D eigenvalue weighted by molar-refractivity contribution is 5.19. The zero-order chi connectivity index (χ0) is 9.80. The molecule has 0 amide bonds. The molecule has 1 atom stereocenters. The third-order valence-corrected chi connectivity index (χ3v) is 3.20. The molecule has 1 heteroatoms. The normalized spacial score (nSPS) is 23.6. The number of nitrogens with zero attached hydrogens (tertiary/aromatic N) is 1. The Hall–Kier alpha value is -0.820. The van der Waals surface area contributed by atoms with E-state index in [0.29, 0.717) is 6.04 Å². The molecule has 0 bridgehead atoms. The van der Waals surface area contributed by atoms with Gasteiger partial charge in [-0.2, -0.15) is 0 Å². The second kappa shape index (κ2) is 4.61. The molecule has 1 aliphatic rings. The summed E-state index contributed by atoms with van der Waals surface area (Å²) in [6.45, 7) is 4.72. The Kier molecular flexibility index (Phi) is 3.20. The summed E-state index contributed by atoms with van der Waals surface area (Å²) in [5, 5.41) is 0. The van der Waals surface area contributed by atoms with Crippen molar-refractivity contribution < 1.29 is 0 Å². The van der Waals surface area contributed by atoms with Crippen LogP contribution in [0.25, 0.3) is 0 Å². The topological polar surface area (TPSA) is 3.24 Å². The molecule has 1 aromatic rings. The first-order chi connectivity index (χ1) is 6.92. The first kappa shape index (κ1) is 9.72. The van der Waals surface area contributed by atoms with Gasteiger partial charge in [0.2, 0.25) is 0 Å². The van der Waals surface area contributed by atoms with Gasteiger partial charge in [-0.05, 0) is 31.5 Å². The van der Waals surface area contributed by atoms with Crippen molar-refractivity contribution in [2.75, 3.05) is 13.1 Å². The van der Waals surface area contributed by atoms with E-state index in [1.54, 1.807) is 0 Å². The molecule has 0 spiro atoms. The van der Waals surface area contributed by atoms with Crippen LogP contribution in [0.2, 0.25) is 0 Å². The fourth-order valence-electron chi connectivity index (χ4n) is 2.42. The molecule has 0 radical (unpaired) electrons. The molecule has 1 saturated heterocycles. The third kappa shape index (κ3) is 1.98. The van der Waals surface area contributed by atoms with E-state index in [0.717, 1.165) is 0 Å². The smallest absolute Gasteiger partial charge is 0.0348 e. The van der Waals surface area contributed by atoms with E-state index in [4.69, 9.17) is 0 Å². The second-order valence-electron chi connectivity index (χ2n) is 4.05. The zero-order valence-corrected chi connectivity index (χ0v) is 8.95. The second-order valence-corrected chi connectivity index (χ2v) is 4.05. The standard InChI is InChI=1S/C13H19N/c1-2-14-11-7-6-10-13(14)12-8-4-3-5-9-12/h3-5,8-9,13H,2,6-7,10-11H2,1H3/t13-/m0/s1. The van der Waals surface area contributed by atoms with Crippen molar-refractivity contribution in [1.82, 2.24) is 4.90 Å². The minimum Gasteiger partial charge on any atom is -0.297 e. The van der Waals surface area contributed by atoms with Crippen LogP contribution in [0.3, 0.4) is 0 Å². The number of benzene rings is 1. The number of likely N-dealkylation sites (tertiary alicyclic amines) is 1. The maximum absolute atomic E-state index is 2.60. The maximum atomic E-state index is 2.60. The van der Waals surface area contributed by atoms with Gasteiger partial charge in [0.1, 0.15) is 0 Å². The van der Waals surface area contributed by atoms with E-state index in [1.165, 1.54) is 37.9 Å². The highest BCUT2D eigenvalue weighted by Gasteiger charge is 2.21. The SMILES string of the molecule is CCN1CCCC[C@H]1c1ccccc1. The van der Waals surface area contributed by atoms with Crippen LogP contribution in [0, 0.1) is 0 Å². The van der Waals surface area contributed by atoms with E-state index >= 15 is 0 Å². The fraction of sp³-hybridized carbons (Fsp3) is 0.538. The lowest BCUT2D eigenvalue weighted by molar-refractivity contribution is 0.157. The van der Waals surface area contributed by atoms with Crippen molar-refractivity contribution in [2.45, 2.75) is 32.2 Å². The average Bonchev–Trinajstić information content (AvgIpc) is 2.30. The van der Waals surface area contributed by atoms with Gasteiger partial charge >= 0.3 is 0 Å². The van der Waals surface area contributed by atoms with Crippen molar-refractivity contribution in [3.8, 4) is 0 Å². The van der Waals surface area contributed by atoms with Gasteiger partial charge in [0.25, 0.3) is 0 Å². The summed E-state index contributed by atoms with van der Waals surface area (Å²) in [5.41, 5.74) is 1.49. The molecule has 76 valence electrons. The zero-order valence-electron chi connectivity index (χ0n) is 8.95. The minimum atomic E-state index is 0.676. The summed E-state index contributed by atoms with van der Waals surface area (Å²) in [6.07, 6.45) is 4.09. The van der Waals surface area contributed by atoms with Crippen LogP contribution in [0.15, 0.2) is 30.3 Å². The summed E-state index contributed by atoms with van der Waals surface area (Å²) < 4.78 is 0. The van der Waals surface area contributed by atoms with Crippen molar-refractivity contribution in [1.29, 1.82) is 0 Å². The van der Waals surface area contributed by atoms with Gasteiger partial charge in [-0.1, -0.05) is 43.7 Å². The molecule has 14 heavy (non-hydrogen) atoms. The lowest BCUT2D eigenvalue weighted by Crippen LogP contribution is -2.33. The van der Waals surface area contributed by atoms with Gasteiger partial charge in [-0.3, -0.25) is 4.90 Å². The van der Waals surface area contributed by atoms with Crippen molar-refractivity contribution in [3.63, 3.8) is 0 Å². The van der Waals surface area contributed by atoms with Crippen LogP contribution in [0.4, 0.5) is 0 Å².